The molecule has 1 aliphatic carbocycles. The normalized spacial score (nSPS) is 20.5. The topological polar surface area (TPSA) is 52.6 Å². The number of aryl methyl sites for hydroxylation is 1. The van der Waals surface area contributed by atoms with Crippen molar-refractivity contribution in [3.8, 4) is 5.75 Å². The first kappa shape index (κ1) is 15.5. The fraction of sp³-hybridized carbons (Fsp3) is 0.368. The minimum atomic E-state index is -0.543. The Morgan fingerprint density at radius 3 is 2.74 bits per heavy atom. The summed E-state index contributed by atoms with van der Waals surface area (Å²) in [5.74, 6) is 0.792. The molecule has 1 aliphatic heterocycles. The largest absolute Gasteiger partial charge is 0.460 e. The summed E-state index contributed by atoms with van der Waals surface area (Å²) in [4.78, 5) is 23.9. The van der Waals surface area contributed by atoms with Crippen molar-refractivity contribution in [2.24, 2.45) is 5.92 Å². The predicted octanol–water partition coefficient (Wildman–Crippen LogP) is 3.20. The van der Waals surface area contributed by atoms with Crippen LogP contribution in [0.15, 0.2) is 35.6 Å². The van der Waals surface area contributed by atoms with E-state index in [1.165, 1.54) is 12.5 Å². The number of allylic oxidation sites excluding steroid dienone is 3. The van der Waals surface area contributed by atoms with E-state index in [9.17, 15) is 9.59 Å². The molecule has 2 aliphatic rings. The lowest BCUT2D eigenvalue weighted by Crippen LogP contribution is -2.34. The molecule has 0 saturated carbocycles. The number of ketones is 1. The van der Waals surface area contributed by atoms with Crippen LogP contribution in [0, 0.1) is 19.8 Å². The molecule has 2 atom stereocenters. The molecule has 1 heterocycles. The predicted molar refractivity (Wildman–Crippen MR) is 86.1 cm³/mol. The Kier molecular flexibility index (Phi) is 3.84. The average molecular weight is 312 g/mol. The number of esters is 1. The summed E-state index contributed by atoms with van der Waals surface area (Å²) >= 11 is 0. The highest BCUT2D eigenvalue weighted by Gasteiger charge is 2.37. The smallest absolute Gasteiger partial charge is 0.303 e. The Hall–Kier alpha value is -2.36. The maximum absolute atomic E-state index is 12.8. The van der Waals surface area contributed by atoms with Gasteiger partial charge in [0.2, 0.25) is 0 Å². The summed E-state index contributed by atoms with van der Waals surface area (Å²) in [6.07, 6.45) is 3.61. The second-order valence-electron chi connectivity index (χ2n) is 6.16. The zero-order chi connectivity index (χ0) is 16.7. The van der Waals surface area contributed by atoms with Crippen LogP contribution in [0.3, 0.4) is 0 Å². The second-order valence-corrected chi connectivity index (χ2v) is 6.16. The molecule has 2 unspecified atom stereocenters. The van der Waals surface area contributed by atoms with Gasteiger partial charge in [0.15, 0.2) is 5.78 Å². The van der Waals surface area contributed by atoms with Gasteiger partial charge in [-0.1, -0.05) is 12.1 Å². The fourth-order valence-corrected chi connectivity index (χ4v) is 3.13. The van der Waals surface area contributed by atoms with Crippen molar-refractivity contribution in [3.05, 3.63) is 52.3 Å². The number of Topliss-reactive ketones (excluding diaryl/α,β-unsaturated/α-hetero) is 1. The van der Waals surface area contributed by atoms with Crippen LogP contribution in [0.2, 0.25) is 0 Å². The lowest BCUT2D eigenvalue weighted by atomic mass is 9.82. The summed E-state index contributed by atoms with van der Waals surface area (Å²) in [5, 5.41) is 0. The molecule has 0 radical (unpaired) electrons. The van der Waals surface area contributed by atoms with Crippen LogP contribution in [0.4, 0.5) is 0 Å². The van der Waals surface area contributed by atoms with Gasteiger partial charge in [-0.25, -0.2) is 0 Å². The standard InChI is InChI=1S/C19H20O4/c1-10-5-6-14-9-16-17(23-19(14)11(10)2)8-7-15(18(16)21)12(3)22-13(4)20/h5-8,12,16H,9H2,1-4H3. The Morgan fingerprint density at radius 1 is 1.30 bits per heavy atom. The lowest BCUT2D eigenvalue weighted by molar-refractivity contribution is -0.144. The maximum atomic E-state index is 12.8. The molecule has 0 spiro atoms. The van der Waals surface area contributed by atoms with Gasteiger partial charge in [-0.05, 0) is 56.0 Å². The molecule has 1 aromatic rings. The number of benzene rings is 1. The minimum absolute atomic E-state index is 0.0277. The van der Waals surface area contributed by atoms with E-state index in [0.29, 0.717) is 17.8 Å². The molecule has 0 aromatic heterocycles. The van der Waals surface area contributed by atoms with E-state index in [1.807, 2.05) is 26.0 Å². The van der Waals surface area contributed by atoms with E-state index in [4.69, 9.17) is 9.47 Å². The summed E-state index contributed by atoms with van der Waals surface area (Å²) in [5.41, 5.74) is 3.84. The summed E-state index contributed by atoms with van der Waals surface area (Å²) in [6.45, 7) is 7.14. The quantitative estimate of drug-likeness (QED) is 0.787. The second kappa shape index (κ2) is 5.69. The van der Waals surface area contributed by atoms with Gasteiger partial charge in [0, 0.05) is 12.5 Å². The summed E-state index contributed by atoms with van der Waals surface area (Å²) in [7, 11) is 0. The highest BCUT2D eigenvalue weighted by molar-refractivity contribution is 6.01. The van der Waals surface area contributed by atoms with Crippen molar-refractivity contribution < 1.29 is 19.1 Å². The van der Waals surface area contributed by atoms with Gasteiger partial charge in [-0.2, -0.15) is 0 Å². The first-order valence-corrected chi connectivity index (χ1v) is 7.78. The zero-order valence-corrected chi connectivity index (χ0v) is 13.8. The Labute approximate surface area is 135 Å². The van der Waals surface area contributed by atoms with E-state index in [0.717, 1.165) is 16.9 Å². The molecule has 23 heavy (non-hydrogen) atoms. The first-order chi connectivity index (χ1) is 10.9. The van der Waals surface area contributed by atoms with Crippen LogP contribution in [-0.2, 0) is 20.7 Å². The van der Waals surface area contributed by atoms with Gasteiger partial charge < -0.3 is 9.47 Å². The molecule has 4 nitrogen and oxygen atoms in total. The Morgan fingerprint density at radius 2 is 2.04 bits per heavy atom. The minimum Gasteiger partial charge on any atom is -0.460 e. The molecule has 4 heteroatoms. The number of carbonyl (C=O) groups excluding carboxylic acids is 2. The third kappa shape index (κ3) is 2.69. The van der Waals surface area contributed by atoms with Gasteiger partial charge in [0.25, 0.3) is 0 Å². The summed E-state index contributed by atoms with van der Waals surface area (Å²) < 4.78 is 11.2. The highest BCUT2D eigenvalue weighted by atomic mass is 16.5. The van der Waals surface area contributed by atoms with Crippen LogP contribution in [0.25, 0.3) is 0 Å². The molecule has 0 N–H and O–H groups in total. The number of rotatable bonds is 2. The van der Waals surface area contributed by atoms with Gasteiger partial charge in [0.05, 0.1) is 5.92 Å². The molecule has 3 rings (SSSR count). The van der Waals surface area contributed by atoms with Crippen LogP contribution < -0.4 is 4.74 Å². The number of carbonyl (C=O) groups is 2. The molecule has 0 amide bonds. The third-order valence-corrected chi connectivity index (χ3v) is 4.55. The van der Waals surface area contributed by atoms with Crippen molar-refractivity contribution in [1.29, 1.82) is 0 Å². The first-order valence-electron chi connectivity index (χ1n) is 7.78. The van der Waals surface area contributed by atoms with Gasteiger partial charge >= 0.3 is 5.97 Å². The zero-order valence-electron chi connectivity index (χ0n) is 13.8. The highest BCUT2D eigenvalue weighted by Crippen LogP contribution is 2.39. The lowest BCUT2D eigenvalue weighted by Gasteiger charge is -2.31. The number of fused-ring (bicyclic) bond motifs is 2. The van der Waals surface area contributed by atoms with Crippen LogP contribution in [-0.4, -0.2) is 17.9 Å². The molecule has 0 bridgehead atoms. The van der Waals surface area contributed by atoms with E-state index in [2.05, 4.69) is 6.07 Å². The van der Waals surface area contributed by atoms with Crippen molar-refractivity contribution >= 4 is 11.8 Å². The van der Waals surface area contributed by atoms with E-state index in [1.54, 1.807) is 13.0 Å². The number of hydrogen-bond donors (Lipinski definition) is 0. The summed E-state index contributed by atoms with van der Waals surface area (Å²) in [6, 6.07) is 4.08. The van der Waals surface area contributed by atoms with Gasteiger partial charge in [0.1, 0.15) is 17.6 Å². The SMILES string of the molecule is CC(=O)OC(C)C1=CC=C2Oc3c(ccc(C)c3C)CC2C1=O. The Bertz CT molecular complexity index is 755. The van der Waals surface area contributed by atoms with Crippen LogP contribution in [0.1, 0.15) is 30.5 Å². The number of ether oxygens (including phenoxy) is 2. The van der Waals surface area contributed by atoms with Crippen molar-refractivity contribution in [3.63, 3.8) is 0 Å². The van der Waals surface area contributed by atoms with Crippen molar-refractivity contribution in [2.45, 2.75) is 40.2 Å². The molecular weight excluding hydrogens is 292 g/mol. The van der Waals surface area contributed by atoms with Gasteiger partial charge in [-0.15, -0.1) is 0 Å². The van der Waals surface area contributed by atoms with Crippen LogP contribution >= 0.6 is 0 Å². The average Bonchev–Trinajstić information content (AvgIpc) is 2.50. The molecule has 120 valence electrons. The van der Waals surface area contributed by atoms with E-state index in [-0.39, 0.29) is 11.7 Å². The Balaban J connectivity index is 1.94. The molecular formula is C19H20O4. The van der Waals surface area contributed by atoms with E-state index < -0.39 is 12.1 Å². The third-order valence-electron chi connectivity index (χ3n) is 4.55. The van der Waals surface area contributed by atoms with Crippen molar-refractivity contribution in [1.82, 2.24) is 0 Å². The molecule has 0 fully saturated rings. The van der Waals surface area contributed by atoms with Crippen LogP contribution in [0.5, 0.6) is 5.75 Å². The van der Waals surface area contributed by atoms with E-state index >= 15 is 0 Å². The number of hydrogen-bond acceptors (Lipinski definition) is 4. The monoisotopic (exact) mass is 312 g/mol. The fourth-order valence-electron chi connectivity index (χ4n) is 3.13. The van der Waals surface area contributed by atoms with Crippen molar-refractivity contribution in [2.75, 3.05) is 0 Å². The van der Waals surface area contributed by atoms with Gasteiger partial charge in [-0.3, -0.25) is 9.59 Å². The maximum Gasteiger partial charge on any atom is 0.303 e. The molecule has 1 aromatic carbocycles. The molecule has 0 saturated heterocycles.